The van der Waals surface area contributed by atoms with E-state index in [9.17, 15) is 14.0 Å². The number of anilines is 1. The molecule has 3 rings (SSSR count). The molecule has 6 nitrogen and oxygen atoms in total. The molecule has 0 bridgehead atoms. The Kier molecular flexibility index (Phi) is 5.27. The Morgan fingerprint density at radius 2 is 1.59 bits per heavy atom. The first kappa shape index (κ1) is 19.8. The molecule has 2 saturated heterocycles. The predicted molar refractivity (Wildman–Crippen MR) is 103 cm³/mol. The van der Waals surface area contributed by atoms with Crippen molar-refractivity contribution < 1.29 is 14.0 Å². The third-order valence-electron chi connectivity index (χ3n) is 4.81. The van der Waals surface area contributed by atoms with Crippen LogP contribution in [0.25, 0.3) is 0 Å². The Morgan fingerprint density at radius 1 is 1.04 bits per heavy atom. The van der Waals surface area contributed by atoms with Crippen LogP contribution in [-0.4, -0.2) is 66.4 Å². The molecule has 0 unspecified atom stereocenters. The number of hydrogen-bond donors (Lipinski definition) is 2. The molecule has 0 aromatic heterocycles. The molecule has 27 heavy (non-hydrogen) atoms. The minimum absolute atomic E-state index is 0.0540. The third-order valence-corrected chi connectivity index (χ3v) is 4.81. The van der Waals surface area contributed by atoms with E-state index in [1.165, 1.54) is 12.1 Å². The van der Waals surface area contributed by atoms with Crippen LogP contribution in [0.1, 0.15) is 26.3 Å². The molecule has 2 aliphatic heterocycles. The molecule has 0 saturated carbocycles. The Labute approximate surface area is 160 Å². The summed E-state index contributed by atoms with van der Waals surface area (Å²) in [6, 6.07) is 4.51. The maximum atomic E-state index is 13.4. The van der Waals surface area contributed by atoms with E-state index in [2.05, 4.69) is 20.4 Å². The highest BCUT2D eigenvalue weighted by Crippen LogP contribution is 2.39. The number of halogens is 1. The number of likely N-dealkylation sites (tertiary alicyclic amines) is 2. The lowest BCUT2D eigenvalue weighted by Crippen LogP contribution is -2.73. The van der Waals surface area contributed by atoms with Gasteiger partial charge in [0.05, 0.1) is 13.1 Å². The van der Waals surface area contributed by atoms with Crippen molar-refractivity contribution in [3.05, 3.63) is 29.6 Å². The van der Waals surface area contributed by atoms with E-state index in [0.29, 0.717) is 18.8 Å². The normalized spacial score (nSPS) is 19.3. The quantitative estimate of drug-likeness (QED) is 0.820. The summed E-state index contributed by atoms with van der Waals surface area (Å²) in [5.41, 5.74) is 1.28. The van der Waals surface area contributed by atoms with E-state index < -0.39 is 0 Å². The molecule has 1 aromatic rings. The zero-order valence-electron chi connectivity index (χ0n) is 16.6. The molecular weight excluding hydrogens is 347 g/mol. The number of carbonyl (C=O) groups excluding carboxylic acids is 2. The molecule has 2 heterocycles. The van der Waals surface area contributed by atoms with Crippen molar-refractivity contribution in [3.63, 3.8) is 0 Å². The Hall–Kier alpha value is -1.99. The number of nitrogens with one attached hydrogen (secondary N) is 2. The van der Waals surface area contributed by atoms with Crippen LogP contribution in [0, 0.1) is 18.2 Å². The summed E-state index contributed by atoms with van der Waals surface area (Å²) >= 11 is 0. The van der Waals surface area contributed by atoms with Crippen molar-refractivity contribution >= 4 is 17.5 Å². The molecule has 0 atom stereocenters. The van der Waals surface area contributed by atoms with Crippen LogP contribution in [0.5, 0.6) is 0 Å². The van der Waals surface area contributed by atoms with Crippen LogP contribution < -0.4 is 10.6 Å². The minimum atomic E-state index is -0.349. The highest BCUT2D eigenvalue weighted by atomic mass is 19.1. The fourth-order valence-corrected chi connectivity index (χ4v) is 4.10. The second kappa shape index (κ2) is 7.20. The fourth-order valence-electron chi connectivity index (χ4n) is 4.10. The molecule has 7 heteroatoms. The molecule has 0 aliphatic carbocycles. The molecule has 0 radical (unpaired) electrons. The summed E-state index contributed by atoms with van der Waals surface area (Å²) < 4.78 is 13.4. The number of hydrogen-bond acceptors (Lipinski definition) is 4. The first-order valence-electron chi connectivity index (χ1n) is 9.35. The molecule has 2 N–H and O–H groups in total. The highest BCUT2D eigenvalue weighted by molar-refractivity contribution is 5.92. The third kappa shape index (κ3) is 5.26. The smallest absolute Gasteiger partial charge is 0.238 e. The first-order chi connectivity index (χ1) is 12.5. The van der Waals surface area contributed by atoms with Gasteiger partial charge in [-0.3, -0.25) is 19.4 Å². The lowest BCUT2D eigenvalue weighted by Gasteiger charge is -2.60. The number of rotatable bonds is 5. The van der Waals surface area contributed by atoms with Crippen LogP contribution >= 0.6 is 0 Å². The van der Waals surface area contributed by atoms with E-state index in [-0.39, 0.29) is 28.6 Å². The largest absolute Gasteiger partial charge is 0.350 e. The van der Waals surface area contributed by atoms with Gasteiger partial charge in [0.1, 0.15) is 5.82 Å². The van der Waals surface area contributed by atoms with Crippen LogP contribution in [0.15, 0.2) is 18.2 Å². The van der Waals surface area contributed by atoms with Gasteiger partial charge in [-0.25, -0.2) is 4.39 Å². The van der Waals surface area contributed by atoms with Gasteiger partial charge < -0.3 is 10.6 Å². The van der Waals surface area contributed by atoms with Gasteiger partial charge in [0.25, 0.3) is 0 Å². The first-order valence-corrected chi connectivity index (χ1v) is 9.35. The van der Waals surface area contributed by atoms with Crippen LogP contribution in [0.4, 0.5) is 10.1 Å². The zero-order valence-corrected chi connectivity index (χ0v) is 16.6. The average molecular weight is 376 g/mol. The maximum absolute atomic E-state index is 13.4. The van der Waals surface area contributed by atoms with Crippen molar-refractivity contribution in [1.82, 2.24) is 15.1 Å². The van der Waals surface area contributed by atoms with Gasteiger partial charge >= 0.3 is 0 Å². The number of carbonyl (C=O) groups is 2. The van der Waals surface area contributed by atoms with Crippen LogP contribution in [-0.2, 0) is 9.59 Å². The summed E-state index contributed by atoms with van der Waals surface area (Å²) in [4.78, 5) is 28.4. The van der Waals surface area contributed by atoms with Gasteiger partial charge in [0.2, 0.25) is 11.8 Å². The van der Waals surface area contributed by atoms with Crippen molar-refractivity contribution in [1.29, 1.82) is 0 Å². The molecule has 1 spiro atoms. The van der Waals surface area contributed by atoms with Crippen LogP contribution in [0.3, 0.4) is 0 Å². The van der Waals surface area contributed by atoms with Gasteiger partial charge in [-0.05, 0) is 51.5 Å². The minimum Gasteiger partial charge on any atom is -0.350 e. The van der Waals surface area contributed by atoms with Crippen molar-refractivity contribution in [3.8, 4) is 0 Å². The molecular formula is C20H29FN4O2. The van der Waals surface area contributed by atoms with Gasteiger partial charge in [-0.15, -0.1) is 0 Å². The second-order valence-corrected chi connectivity index (χ2v) is 9.15. The maximum Gasteiger partial charge on any atom is 0.238 e. The zero-order chi connectivity index (χ0) is 19.8. The van der Waals surface area contributed by atoms with E-state index in [4.69, 9.17) is 0 Å². The topological polar surface area (TPSA) is 64.7 Å². The van der Waals surface area contributed by atoms with E-state index in [1.54, 1.807) is 13.0 Å². The highest BCUT2D eigenvalue weighted by Gasteiger charge is 2.51. The number of amides is 2. The average Bonchev–Trinajstić information content (AvgIpc) is 2.39. The standard InChI is InChI=1S/C20H29FN4O2/c1-14-5-15(21)7-16(6-14)22-17(26)8-24-10-20(11-24)12-25(13-20)9-18(27)23-19(2,3)4/h5-7H,8-13H2,1-4H3,(H,22,26)(H,23,27). The second-order valence-electron chi connectivity index (χ2n) is 9.15. The van der Waals surface area contributed by atoms with Crippen LogP contribution in [0.2, 0.25) is 0 Å². The lowest BCUT2D eigenvalue weighted by atomic mass is 9.73. The Bertz CT molecular complexity index is 710. The fraction of sp³-hybridized carbons (Fsp3) is 0.600. The van der Waals surface area contributed by atoms with E-state index in [1.807, 2.05) is 20.8 Å². The number of benzene rings is 1. The summed E-state index contributed by atoms with van der Waals surface area (Å²) in [7, 11) is 0. The molecule has 1 aromatic carbocycles. The van der Waals surface area contributed by atoms with Crippen molar-refractivity contribution in [2.45, 2.75) is 33.2 Å². The molecule has 2 aliphatic rings. The molecule has 2 amide bonds. The SMILES string of the molecule is Cc1cc(F)cc(NC(=O)CN2CC3(C2)CN(CC(=O)NC(C)(C)C)C3)c1. The summed E-state index contributed by atoms with van der Waals surface area (Å²) in [6.45, 7) is 12.0. The number of nitrogens with zero attached hydrogens (tertiary/aromatic N) is 2. The van der Waals surface area contributed by atoms with Gasteiger partial charge in [-0.1, -0.05) is 0 Å². The van der Waals surface area contributed by atoms with Gasteiger partial charge in [-0.2, -0.15) is 0 Å². The Balaban J connectivity index is 1.37. The predicted octanol–water partition coefficient (Wildman–Crippen LogP) is 1.60. The number of aryl methyl sites for hydroxylation is 1. The monoisotopic (exact) mass is 376 g/mol. The van der Waals surface area contributed by atoms with E-state index in [0.717, 1.165) is 31.7 Å². The van der Waals surface area contributed by atoms with Gasteiger partial charge in [0, 0.05) is 42.8 Å². The van der Waals surface area contributed by atoms with E-state index >= 15 is 0 Å². The molecule has 148 valence electrons. The van der Waals surface area contributed by atoms with Crippen molar-refractivity contribution in [2.24, 2.45) is 5.41 Å². The van der Waals surface area contributed by atoms with Crippen molar-refractivity contribution in [2.75, 3.05) is 44.6 Å². The summed E-state index contributed by atoms with van der Waals surface area (Å²) in [6.07, 6.45) is 0. The molecule has 2 fully saturated rings. The summed E-state index contributed by atoms with van der Waals surface area (Å²) in [5, 5.41) is 5.74. The summed E-state index contributed by atoms with van der Waals surface area (Å²) in [5.74, 6) is -0.424. The lowest BCUT2D eigenvalue weighted by molar-refractivity contribution is -0.141. The van der Waals surface area contributed by atoms with Gasteiger partial charge in [0.15, 0.2) is 0 Å². The Morgan fingerprint density at radius 3 is 2.11 bits per heavy atom.